The lowest BCUT2D eigenvalue weighted by Crippen LogP contribution is -2.33. The van der Waals surface area contributed by atoms with Crippen molar-refractivity contribution in [3.63, 3.8) is 0 Å². The Morgan fingerprint density at radius 1 is 0.967 bits per heavy atom. The minimum atomic E-state index is -3.90. The second-order valence-corrected chi connectivity index (χ2v) is 8.71. The van der Waals surface area contributed by atoms with Crippen LogP contribution in [-0.4, -0.2) is 30.9 Å². The summed E-state index contributed by atoms with van der Waals surface area (Å²) in [7, 11) is -2.32. The molecule has 0 amide bonds. The molecule has 156 valence electrons. The average molecular weight is 426 g/mol. The number of hydrogen-bond acceptors (Lipinski definition) is 4. The van der Waals surface area contributed by atoms with Gasteiger partial charge in [0, 0.05) is 12.6 Å². The van der Waals surface area contributed by atoms with Gasteiger partial charge in [0.05, 0.1) is 17.6 Å². The Morgan fingerprint density at radius 2 is 1.57 bits per heavy atom. The Balaban J connectivity index is 2.01. The van der Waals surface area contributed by atoms with Crippen LogP contribution in [0.3, 0.4) is 0 Å². The first-order valence-corrected chi connectivity index (χ1v) is 10.8. The molecule has 0 radical (unpaired) electrons. The molecule has 3 rings (SSSR count). The highest BCUT2D eigenvalue weighted by atomic mass is 32.2. The third-order valence-electron chi connectivity index (χ3n) is 4.92. The van der Waals surface area contributed by atoms with Crippen LogP contribution in [-0.2, 0) is 16.6 Å². The summed E-state index contributed by atoms with van der Waals surface area (Å²) in [6.07, 6.45) is 0. The molecular formula is C23H23NO5S. The van der Waals surface area contributed by atoms with Crippen molar-refractivity contribution in [2.24, 2.45) is 0 Å². The molecule has 1 unspecified atom stereocenters. The number of nitrogens with zero attached hydrogens (tertiary/aromatic N) is 1. The van der Waals surface area contributed by atoms with E-state index in [0.717, 1.165) is 11.1 Å². The molecule has 0 fully saturated rings. The summed E-state index contributed by atoms with van der Waals surface area (Å²) in [5, 5.41) is 9.09. The number of benzene rings is 3. The van der Waals surface area contributed by atoms with Crippen LogP contribution in [0.15, 0.2) is 83.8 Å². The average Bonchev–Trinajstić information content (AvgIpc) is 2.78. The zero-order valence-electron chi connectivity index (χ0n) is 16.7. The monoisotopic (exact) mass is 425 g/mol. The third kappa shape index (κ3) is 4.69. The lowest BCUT2D eigenvalue weighted by atomic mass is 10.1. The molecule has 0 aliphatic rings. The second kappa shape index (κ2) is 9.11. The fraction of sp³-hybridized carbons (Fsp3) is 0.174. The molecule has 6 nitrogen and oxygen atoms in total. The summed E-state index contributed by atoms with van der Waals surface area (Å²) < 4.78 is 33.6. The topological polar surface area (TPSA) is 83.9 Å². The van der Waals surface area contributed by atoms with Crippen LogP contribution < -0.4 is 4.74 Å². The van der Waals surface area contributed by atoms with Gasteiger partial charge < -0.3 is 9.84 Å². The molecular weight excluding hydrogens is 402 g/mol. The fourth-order valence-corrected chi connectivity index (χ4v) is 4.75. The van der Waals surface area contributed by atoms with E-state index in [1.165, 1.54) is 28.6 Å². The van der Waals surface area contributed by atoms with Gasteiger partial charge in [0.15, 0.2) is 0 Å². The number of methoxy groups -OCH3 is 1. The molecule has 0 aromatic heterocycles. The number of aromatic carboxylic acids is 1. The Morgan fingerprint density at radius 3 is 2.10 bits per heavy atom. The lowest BCUT2D eigenvalue weighted by molar-refractivity contribution is 0.0696. The van der Waals surface area contributed by atoms with Crippen molar-refractivity contribution in [2.75, 3.05) is 7.11 Å². The Labute approximate surface area is 176 Å². The minimum Gasteiger partial charge on any atom is -0.497 e. The smallest absolute Gasteiger partial charge is 0.335 e. The zero-order valence-corrected chi connectivity index (χ0v) is 17.5. The van der Waals surface area contributed by atoms with Gasteiger partial charge in [-0.15, -0.1) is 0 Å². The lowest BCUT2D eigenvalue weighted by Gasteiger charge is -2.29. The van der Waals surface area contributed by atoms with Gasteiger partial charge in [-0.1, -0.05) is 42.5 Å². The number of carboxylic acids is 1. The number of carboxylic acid groups (broad SMARTS) is 1. The first kappa shape index (κ1) is 21.5. The molecule has 30 heavy (non-hydrogen) atoms. The standard InChI is InChI=1S/C23H23NO5S/c1-17(19-6-4-3-5-7-19)24(16-18-8-12-21(29-2)13-9-18)30(27,28)22-14-10-20(11-15-22)23(25)26/h3-15,17H,16H2,1-2H3,(H,25,26). The van der Waals surface area contributed by atoms with Gasteiger partial charge in [0.1, 0.15) is 5.75 Å². The number of sulfonamides is 1. The molecule has 3 aromatic carbocycles. The van der Waals surface area contributed by atoms with E-state index >= 15 is 0 Å². The number of hydrogen-bond donors (Lipinski definition) is 1. The summed E-state index contributed by atoms with van der Waals surface area (Å²) >= 11 is 0. The minimum absolute atomic E-state index is 0.0340. The van der Waals surface area contributed by atoms with Crippen molar-refractivity contribution in [1.82, 2.24) is 4.31 Å². The zero-order chi connectivity index (χ0) is 21.7. The predicted molar refractivity (Wildman–Crippen MR) is 114 cm³/mol. The molecule has 0 saturated carbocycles. The van der Waals surface area contributed by atoms with E-state index < -0.39 is 22.0 Å². The Hall–Kier alpha value is -3.16. The van der Waals surface area contributed by atoms with Gasteiger partial charge in [0.25, 0.3) is 0 Å². The van der Waals surface area contributed by atoms with Gasteiger partial charge in [-0.05, 0) is 54.4 Å². The van der Waals surface area contributed by atoms with Crippen LogP contribution in [0.4, 0.5) is 0 Å². The molecule has 0 saturated heterocycles. The maximum atomic E-state index is 13.5. The fourth-order valence-electron chi connectivity index (χ4n) is 3.14. The summed E-state index contributed by atoms with van der Waals surface area (Å²) in [6.45, 7) is 1.99. The summed E-state index contributed by atoms with van der Waals surface area (Å²) in [5.74, 6) is -0.416. The van der Waals surface area contributed by atoms with Gasteiger partial charge in [-0.25, -0.2) is 13.2 Å². The molecule has 7 heteroatoms. The number of ether oxygens (including phenoxy) is 1. The highest BCUT2D eigenvalue weighted by Gasteiger charge is 2.30. The maximum absolute atomic E-state index is 13.5. The highest BCUT2D eigenvalue weighted by molar-refractivity contribution is 7.89. The van der Waals surface area contributed by atoms with Crippen LogP contribution >= 0.6 is 0 Å². The van der Waals surface area contributed by atoms with E-state index in [4.69, 9.17) is 9.84 Å². The first-order valence-electron chi connectivity index (χ1n) is 9.36. The third-order valence-corrected chi connectivity index (χ3v) is 6.85. The van der Waals surface area contributed by atoms with Crippen LogP contribution in [0.2, 0.25) is 0 Å². The molecule has 3 aromatic rings. The summed E-state index contributed by atoms with van der Waals surface area (Å²) in [6, 6.07) is 21.4. The van der Waals surface area contributed by atoms with Crippen LogP contribution in [0.1, 0.15) is 34.5 Å². The van der Waals surface area contributed by atoms with Crippen LogP contribution in [0.25, 0.3) is 0 Å². The largest absolute Gasteiger partial charge is 0.497 e. The van der Waals surface area contributed by atoms with Crippen molar-refractivity contribution < 1.29 is 23.1 Å². The van der Waals surface area contributed by atoms with E-state index in [-0.39, 0.29) is 17.0 Å². The van der Waals surface area contributed by atoms with Gasteiger partial charge in [-0.3, -0.25) is 0 Å². The molecule has 0 bridgehead atoms. The van der Waals surface area contributed by atoms with Crippen molar-refractivity contribution in [3.05, 3.63) is 95.6 Å². The second-order valence-electron chi connectivity index (χ2n) is 6.81. The highest BCUT2D eigenvalue weighted by Crippen LogP contribution is 2.30. The van der Waals surface area contributed by atoms with Crippen molar-refractivity contribution in [2.45, 2.75) is 24.4 Å². The SMILES string of the molecule is COc1ccc(CN(C(C)c2ccccc2)S(=O)(=O)c2ccc(C(=O)O)cc2)cc1. The van der Waals surface area contributed by atoms with E-state index in [9.17, 15) is 13.2 Å². The Kier molecular flexibility index (Phi) is 6.54. The maximum Gasteiger partial charge on any atom is 0.335 e. The molecule has 0 heterocycles. The normalized spacial score (nSPS) is 12.5. The van der Waals surface area contributed by atoms with Gasteiger partial charge in [-0.2, -0.15) is 4.31 Å². The van der Waals surface area contributed by atoms with Crippen LogP contribution in [0, 0.1) is 0 Å². The van der Waals surface area contributed by atoms with Crippen molar-refractivity contribution >= 4 is 16.0 Å². The first-order chi connectivity index (χ1) is 14.3. The molecule has 1 atom stereocenters. The van der Waals surface area contributed by atoms with E-state index in [1.807, 2.05) is 49.4 Å². The molecule has 0 aliphatic carbocycles. The summed E-state index contributed by atoms with van der Waals surface area (Å²) in [5.41, 5.74) is 1.70. The predicted octanol–water partition coefficient (Wildman–Crippen LogP) is 4.35. The van der Waals surface area contributed by atoms with Crippen LogP contribution in [0.5, 0.6) is 5.75 Å². The molecule has 0 aliphatic heterocycles. The Bertz CT molecular complexity index is 1090. The van der Waals surface area contributed by atoms with E-state index in [0.29, 0.717) is 5.75 Å². The van der Waals surface area contributed by atoms with Gasteiger partial charge in [0.2, 0.25) is 10.0 Å². The van der Waals surface area contributed by atoms with Gasteiger partial charge >= 0.3 is 5.97 Å². The quantitative estimate of drug-likeness (QED) is 0.580. The summed E-state index contributed by atoms with van der Waals surface area (Å²) in [4.78, 5) is 11.2. The molecule has 1 N–H and O–H groups in total. The van der Waals surface area contributed by atoms with Crippen molar-refractivity contribution in [3.8, 4) is 5.75 Å². The number of carbonyl (C=O) groups is 1. The van der Waals surface area contributed by atoms with E-state index in [2.05, 4.69) is 0 Å². The molecule has 0 spiro atoms. The van der Waals surface area contributed by atoms with Crippen molar-refractivity contribution in [1.29, 1.82) is 0 Å². The van der Waals surface area contributed by atoms with E-state index in [1.54, 1.807) is 19.2 Å². The number of rotatable bonds is 8.